The first-order valence-electron chi connectivity index (χ1n) is 9.09. The van der Waals surface area contributed by atoms with Crippen molar-refractivity contribution in [1.82, 2.24) is 9.55 Å². The Hall–Kier alpha value is -3.94. The summed E-state index contributed by atoms with van der Waals surface area (Å²) in [5.41, 5.74) is 0.117. The number of fused-ring (bicyclic) bond motifs is 1. The van der Waals surface area contributed by atoms with Gasteiger partial charge in [-0.15, -0.1) is 0 Å². The molecular formula is C21H18N4O4. The van der Waals surface area contributed by atoms with Gasteiger partial charge in [-0.25, -0.2) is 4.79 Å². The van der Waals surface area contributed by atoms with Crippen LogP contribution in [0.3, 0.4) is 0 Å². The lowest BCUT2D eigenvalue weighted by Gasteiger charge is -2.26. The smallest absolute Gasteiger partial charge is 0.326 e. The van der Waals surface area contributed by atoms with Crippen molar-refractivity contribution in [1.29, 1.82) is 0 Å². The molecule has 1 aliphatic heterocycles. The molecule has 3 aromatic rings. The van der Waals surface area contributed by atoms with Crippen LogP contribution in [-0.4, -0.2) is 21.4 Å². The molecule has 8 nitrogen and oxygen atoms in total. The number of carbonyl (C=O) groups excluding carboxylic acids is 2. The van der Waals surface area contributed by atoms with Gasteiger partial charge in [-0.3, -0.25) is 23.9 Å². The number of anilines is 2. The molecule has 1 aromatic heterocycles. The molecule has 0 spiro atoms. The number of hydrogen-bond acceptors (Lipinski definition) is 4. The van der Waals surface area contributed by atoms with Gasteiger partial charge in [0, 0.05) is 12.1 Å². The van der Waals surface area contributed by atoms with Crippen LogP contribution in [0.4, 0.5) is 11.5 Å². The number of para-hydroxylation sites is 1. The van der Waals surface area contributed by atoms with E-state index >= 15 is 0 Å². The molecule has 1 aliphatic rings. The van der Waals surface area contributed by atoms with E-state index in [1.54, 1.807) is 24.3 Å². The maximum atomic E-state index is 12.9. The van der Waals surface area contributed by atoms with Crippen molar-refractivity contribution >= 4 is 23.3 Å². The van der Waals surface area contributed by atoms with E-state index in [-0.39, 0.29) is 24.3 Å². The fourth-order valence-electron chi connectivity index (χ4n) is 3.41. The summed E-state index contributed by atoms with van der Waals surface area (Å²) >= 11 is 0. The van der Waals surface area contributed by atoms with Gasteiger partial charge in [0.2, 0.25) is 11.8 Å². The molecule has 0 saturated heterocycles. The van der Waals surface area contributed by atoms with Gasteiger partial charge in [0.05, 0.1) is 18.0 Å². The second-order valence-corrected chi connectivity index (χ2v) is 6.75. The molecule has 0 bridgehead atoms. The zero-order valence-electron chi connectivity index (χ0n) is 15.3. The Balaban J connectivity index is 1.77. The molecule has 8 heteroatoms. The summed E-state index contributed by atoms with van der Waals surface area (Å²) in [7, 11) is 0. The summed E-state index contributed by atoms with van der Waals surface area (Å²) in [6, 6.07) is 17.9. The van der Waals surface area contributed by atoms with Crippen molar-refractivity contribution in [2.24, 2.45) is 0 Å². The number of nitrogens with zero attached hydrogens (tertiary/aromatic N) is 1. The van der Waals surface area contributed by atoms with Crippen LogP contribution in [0, 0.1) is 0 Å². The van der Waals surface area contributed by atoms with Crippen LogP contribution in [0.1, 0.15) is 23.5 Å². The van der Waals surface area contributed by atoms with Crippen molar-refractivity contribution in [3.63, 3.8) is 0 Å². The van der Waals surface area contributed by atoms with Crippen LogP contribution >= 0.6 is 0 Å². The predicted molar refractivity (Wildman–Crippen MR) is 108 cm³/mol. The van der Waals surface area contributed by atoms with Crippen molar-refractivity contribution < 1.29 is 9.59 Å². The molecule has 146 valence electrons. The van der Waals surface area contributed by atoms with E-state index in [2.05, 4.69) is 15.6 Å². The lowest BCUT2D eigenvalue weighted by Crippen LogP contribution is -2.42. The number of hydrogen-bond donors (Lipinski definition) is 3. The van der Waals surface area contributed by atoms with Crippen molar-refractivity contribution in [2.45, 2.75) is 18.9 Å². The molecule has 0 fully saturated rings. The number of nitrogens with one attached hydrogen (secondary N) is 3. The Kier molecular flexibility index (Phi) is 4.82. The first kappa shape index (κ1) is 18.4. The Morgan fingerprint density at radius 2 is 1.66 bits per heavy atom. The average molecular weight is 390 g/mol. The van der Waals surface area contributed by atoms with E-state index in [0.717, 1.165) is 5.56 Å². The second-order valence-electron chi connectivity index (χ2n) is 6.75. The molecule has 3 N–H and O–H groups in total. The van der Waals surface area contributed by atoms with Crippen molar-refractivity contribution in [3.8, 4) is 0 Å². The topological polar surface area (TPSA) is 113 Å². The molecule has 0 saturated carbocycles. The van der Waals surface area contributed by atoms with Crippen LogP contribution in [0.5, 0.6) is 0 Å². The Labute approximate surface area is 165 Å². The highest BCUT2D eigenvalue weighted by molar-refractivity contribution is 6.04. The van der Waals surface area contributed by atoms with E-state index in [4.69, 9.17) is 0 Å². The van der Waals surface area contributed by atoms with E-state index < -0.39 is 29.0 Å². The molecule has 2 amide bonds. The molecule has 1 unspecified atom stereocenters. The number of H-pyrrole nitrogens is 1. The minimum Gasteiger partial charge on any atom is -0.326 e. The van der Waals surface area contributed by atoms with Gasteiger partial charge < -0.3 is 10.6 Å². The molecule has 2 aromatic carbocycles. The minimum absolute atomic E-state index is 0.0621. The van der Waals surface area contributed by atoms with Gasteiger partial charge in [0.15, 0.2) is 0 Å². The molecule has 0 radical (unpaired) electrons. The first-order valence-corrected chi connectivity index (χ1v) is 9.09. The summed E-state index contributed by atoms with van der Waals surface area (Å²) in [4.78, 5) is 52.4. The van der Waals surface area contributed by atoms with Crippen LogP contribution in [0.25, 0.3) is 0 Å². The predicted octanol–water partition coefficient (Wildman–Crippen LogP) is 1.65. The van der Waals surface area contributed by atoms with Crippen LogP contribution in [0.2, 0.25) is 0 Å². The normalized spacial score (nSPS) is 15.3. The van der Waals surface area contributed by atoms with Gasteiger partial charge in [-0.05, 0) is 17.7 Å². The lowest BCUT2D eigenvalue weighted by molar-refractivity contribution is -0.123. The van der Waals surface area contributed by atoms with E-state index in [0.29, 0.717) is 5.69 Å². The highest BCUT2D eigenvalue weighted by Crippen LogP contribution is 2.30. The molecule has 4 rings (SSSR count). The maximum absolute atomic E-state index is 12.9. The summed E-state index contributed by atoms with van der Waals surface area (Å²) in [5.74, 6) is -1.86. The average Bonchev–Trinajstić information content (AvgIpc) is 2.72. The molecule has 1 atom stereocenters. The van der Waals surface area contributed by atoms with E-state index in [9.17, 15) is 19.2 Å². The third kappa shape index (κ3) is 3.73. The quantitative estimate of drug-likeness (QED) is 0.629. The number of rotatable bonds is 4. The number of carbonyl (C=O) groups is 2. The van der Waals surface area contributed by atoms with Gasteiger partial charge >= 0.3 is 5.69 Å². The Bertz CT molecular complexity index is 1180. The van der Waals surface area contributed by atoms with Gasteiger partial charge in [-0.2, -0.15) is 0 Å². The van der Waals surface area contributed by atoms with Crippen molar-refractivity contribution in [2.75, 3.05) is 10.6 Å². The highest BCUT2D eigenvalue weighted by Gasteiger charge is 2.35. The molecule has 2 heterocycles. The third-order valence-electron chi connectivity index (χ3n) is 4.77. The summed E-state index contributed by atoms with van der Waals surface area (Å²) in [6.45, 7) is 0.145. The van der Waals surface area contributed by atoms with Crippen LogP contribution < -0.4 is 21.9 Å². The number of amides is 2. The summed E-state index contributed by atoms with van der Waals surface area (Å²) < 4.78 is 1.27. The number of benzene rings is 2. The van der Waals surface area contributed by atoms with Crippen LogP contribution in [0.15, 0.2) is 70.3 Å². The van der Waals surface area contributed by atoms with Crippen molar-refractivity contribution in [3.05, 3.63) is 92.6 Å². The van der Waals surface area contributed by atoms with E-state index in [1.807, 2.05) is 36.4 Å². The maximum Gasteiger partial charge on any atom is 0.330 e. The lowest BCUT2D eigenvalue weighted by atomic mass is 9.92. The standard InChI is InChI=1S/C21H18N4O4/c26-16-11-15(19(27)22-14-9-5-2-6-10-14)17-18(23-16)25(21(29)24-20(17)28)12-13-7-3-1-4-8-13/h1-10,15H,11-12H2,(H,22,27)(H,23,26)(H,24,28,29). The second kappa shape index (κ2) is 7.59. The zero-order chi connectivity index (χ0) is 20.4. The molecule has 0 aliphatic carbocycles. The van der Waals surface area contributed by atoms with Gasteiger partial charge in [-0.1, -0.05) is 48.5 Å². The number of aromatic nitrogens is 2. The minimum atomic E-state index is -1.01. The largest absolute Gasteiger partial charge is 0.330 e. The Morgan fingerprint density at radius 3 is 2.34 bits per heavy atom. The van der Waals surface area contributed by atoms with Gasteiger partial charge in [0.1, 0.15) is 5.82 Å². The monoisotopic (exact) mass is 390 g/mol. The summed E-state index contributed by atoms with van der Waals surface area (Å²) in [5, 5.41) is 5.33. The fraction of sp³-hybridized carbons (Fsp3) is 0.143. The Morgan fingerprint density at radius 1 is 1.00 bits per heavy atom. The molecular weight excluding hydrogens is 372 g/mol. The third-order valence-corrected chi connectivity index (χ3v) is 4.77. The zero-order valence-corrected chi connectivity index (χ0v) is 15.3. The fourth-order valence-corrected chi connectivity index (χ4v) is 3.41. The SMILES string of the molecule is O=C1CC(C(=O)Nc2ccccc2)c2c(n(Cc3ccccc3)c(=O)[nH]c2=O)N1. The highest BCUT2D eigenvalue weighted by atomic mass is 16.2. The van der Waals surface area contributed by atoms with Gasteiger partial charge in [0.25, 0.3) is 5.56 Å². The first-order chi connectivity index (χ1) is 14.0. The summed E-state index contributed by atoms with van der Waals surface area (Å²) in [6.07, 6.45) is -0.182. The van der Waals surface area contributed by atoms with Crippen LogP contribution in [-0.2, 0) is 16.1 Å². The van der Waals surface area contributed by atoms with E-state index in [1.165, 1.54) is 4.57 Å². The number of aromatic amines is 1. The molecule has 29 heavy (non-hydrogen) atoms.